The molecule has 0 atom stereocenters. The predicted molar refractivity (Wildman–Crippen MR) is 545 cm³/mol. The summed E-state index contributed by atoms with van der Waals surface area (Å²) in [5.41, 5.74) is 28.5. The molecule has 0 fully saturated rings. The van der Waals surface area contributed by atoms with Crippen molar-refractivity contribution in [1.29, 1.82) is 0 Å². The maximum atomic E-state index is 5.32. The van der Waals surface area contributed by atoms with E-state index in [0.717, 1.165) is 99.2 Å². The van der Waals surface area contributed by atoms with Crippen LogP contribution in [0.25, 0.3) is 248 Å². The second kappa shape index (κ2) is 30.8. The Kier molecular flexibility index (Phi) is 18.3. The fraction of sp³-hybridized carbons (Fsp3) is 0.0339. The van der Waals surface area contributed by atoms with Gasteiger partial charge in [0.1, 0.15) is 0 Å². The average molecular weight is 1670 g/mol. The van der Waals surface area contributed by atoms with Gasteiger partial charge in [-0.2, -0.15) is 0 Å². The molecule has 0 unspecified atom stereocenters. The minimum absolute atomic E-state index is 0.868. The first-order valence-corrected chi connectivity index (χ1v) is 45.5. The normalized spacial score (nSPS) is 11.8. The van der Waals surface area contributed by atoms with Gasteiger partial charge in [-0.25, -0.2) is 15.0 Å². The fourth-order valence-corrected chi connectivity index (χ4v) is 22.1. The first-order chi connectivity index (χ1) is 62.5. The van der Waals surface area contributed by atoms with Crippen molar-refractivity contribution in [2.24, 2.45) is 0 Å². The molecule has 0 saturated heterocycles. The van der Waals surface area contributed by atoms with Crippen LogP contribution in [0, 0.1) is 27.7 Å². The van der Waals surface area contributed by atoms with Crippen molar-refractivity contribution in [3.8, 4) is 89.4 Å². The number of aromatic nitrogens is 6. The van der Waals surface area contributed by atoms with Crippen LogP contribution in [0.1, 0.15) is 22.3 Å². The fourth-order valence-electron chi connectivity index (χ4n) is 18.9. The number of nitrogens with zero attached hydrogens (tertiary/aromatic N) is 6. The highest BCUT2D eigenvalue weighted by Gasteiger charge is 2.21. The number of rotatable bonds is 8. The standard InChI is InChI=1S/C46H28N2S.2C36H24N2S/c1-3-9-29(10-4-1)33-19-22-37-39(25-33)40-26-34(30-11-5-2-6-12-30)20-23-38(40)46-45(37)47-28-42(48-46)32-17-15-31(16-18-32)35-21-24-44-41(27-35)36-13-7-8-14-43(36)49-44;1-21-7-14-26-27-15-8-22(2)18-31(27)36-35(30(26)17-21)37-20-32(38-36)24-11-9-23(10-12-24)25-13-16-34-29(19-25)28-5-3-4-6-33(28)39-34;1-21-7-14-27-29(17-21)30-18-22(2)8-15-28(30)36-35(27)37-20-32(38-36)24-11-9-23(10-12-24)25-13-16-34-31(19-25)26-5-3-4-6-33(26)39-34/h1-28H;2*3-20H,1-2H3. The zero-order valence-electron chi connectivity index (χ0n) is 69.9. The summed E-state index contributed by atoms with van der Waals surface area (Å²) >= 11 is 5.56. The molecule has 20 aromatic carbocycles. The Morgan fingerprint density at radius 3 is 0.732 bits per heavy atom. The van der Waals surface area contributed by atoms with E-state index < -0.39 is 0 Å². The van der Waals surface area contributed by atoms with Crippen LogP contribution in [0.15, 0.2) is 389 Å². The number of fused-ring (bicyclic) bond motifs is 27. The van der Waals surface area contributed by atoms with E-state index >= 15 is 0 Å². The van der Waals surface area contributed by atoms with E-state index in [0.29, 0.717) is 0 Å². The molecule has 0 amide bonds. The lowest BCUT2D eigenvalue weighted by Gasteiger charge is -2.14. The quantitative estimate of drug-likeness (QED) is 0.141. The summed E-state index contributed by atoms with van der Waals surface area (Å²) in [5.74, 6) is 0. The van der Waals surface area contributed by atoms with Crippen LogP contribution in [0.2, 0.25) is 0 Å². The third kappa shape index (κ3) is 13.4. The maximum absolute atomic E-state index is 5.32. The van der Waals surface area contributed by atoms with Crippen molar-refractivity contribution >= 4 is 192 Å². The minimum Gasteiger partial charge on any atom is -0.252 e. The van der Waals surface area contributed by atoms with E-state index in [1.165, 1.54) is 171 Å². The molecular formula is C118H76N6S3. The highest BCUT2D eigenvalue weighted by molar-refractivity contribution is 7.26. The molecule has 9 heteroatoms. The SMILES string of the molecule is Cc1ccc2c(c1)c1cc(C)ccc1c1nc(-c3ccc(-c4ccc5sc6ccccc6c5c4)cc3)cnc21.Cc1ccc2c3ccc(C)cc3c3nc(-c4ccc(-c5ccc6sc7ccccc7c6c5)cc4)cnc3c2c1.c1ccc(-c2ccc3c(c2)c2cc(-c4ccccc4)ccc2c2nc(-c4ccc(-c5ccc6sc7ccccc7c6c5)cc4)cnc32)cc1. The Bertz CT molecular complexity index is 8980. The van der Waals surface area contributed by atoms with E-state index in [-0.39, 0.29) is 0 Å². The molecule has 0 bridgehead atoms. The average Bonchev–Trinajstić information content (AvgIpc) is 1.57. The summed E-state index contributed by atoms with van der Waals surface area (Å²) in [7, 11) is 0. The van der Waals surface area contributed by atoms with Gasteiger partial charge < -0.3 is 0 Å². The molecule has 596 valence electrons. The van der Waals surface area contributed by atoms with E-state index in [1.54, 1.807) is 0 Å². The molecular weight excluding hydrogens is 1600 g/mol. The molecule has 0 saturated carbocycles. The molecule has 0 radical (unpaired) electrons. The van der Waals surface area contributed by atoms with Crippen molar-refractivity contribution in [3.05, 3.63) is 411 Å². The highest BCUT2D eigenvalue weighted by atomic mass is 32.1. The first-order valence-electron chi connectivity index (χ1n) is 43.0. The first kappa shape index (κ1) is 75.4. The molecule has 0 aliphatic carbocycles. The lowest BCUT2D eigenvalue weighted by molar-refractivity contribution is 1.31. The van der Waals surface area contributed by atoms with Gasteiger partial charge in [0.05, 0.1) is 68.8 Å². The number of aryl methyl sites for hydroxylation is 4. The molecule has 127 heavy (non-hydrogen) atoms. The summed E-state index contributed by atoms with van der Waals surface area (Å²) in [6.45, 7) is 8.56. The highest BCUT2D eigenvalue weighted by Crippen LogP contribution is 2.45. The van der Waals surface area contributed by atoms with Crippen LogP contribution in [-0.2, 0) is 0 Å². The third-order valence-electron chi connectivity index (χ3n) is 25.3. The van der Waals surface area contributed by atoms with Crippen molar-refractivity contribution in [3.63, 3.8) is 0 Å². The summed E-state index contributed by atoms with van der Waals surface area (Å²) < 4.78 is 7.97. The van der Waals surface area contributed by atoms with Gasteiger partial charge in [-0.1, -0.05) is 313 Å². The smallest absolute Gasteiger partial charge is 0.0979 e. The Balaban J connectivity index is 0.000000107. The zero-order chi connectivity index (χ0) is 84.5. The molecule has 0 N–H and O–H groups in total. The molecule has 0 spiro atoms. The van der Waals surface area contributed by atoms with Gasteiger partial charge in [0.2, 0.25) is 0 Å². The largest absolute Gasteiger partial charge is 0.252 e. The Labute approximate surface area is 744 Å². The van der Waals surface area contributed by atoms with Crippen LogP contribution in [0.3, 0.4) is 0 Å². The van der Waals surface area contributed by atoms with Crippen LogP contribution < -0.4 is 0 Å². The van der Waals surface area contributed by atoms with Crippen LogP contribution >= 0.6 is 34.0 Å². The van der Waals surface area contributed by atoms with Crippen molar-refractivity contribution < 1.29 is 0 Å². The number of hydrogen-bond donors (Lipinski definition) is 0. The van der Waals surface area contributed by atoms with Crippen LogP contribution in [0.5, 0.6) is 0 Å². The van der Waals surface area contributed by atoms with Crippen LogP contribution in [-0.4, -0.2) is 29.9 Å². The van der Waals surface area contributed by atoms with E-state index in [4.69, 9.17) is 29.9 Å². The van der Waals surface area contributed by atoms with E-state index in [9.17, 15) is 0 Å². The predicted octanol–water partition coefficient (Wildman–Crippen LogP) is 33.5. The molecule has 0 aliphatic heterocycles. The van der Waals surface area contributed by atoms with Gasteiger partial charge in [0, 0.05) is 110 Å². The van der Waals surface area contributed by atoms with Crippen molar-refractivity contribution in [2.75, 3.05) is 0 Å². The minimum atomic E-state index is 0.868. The Morgan fingerprint density at radius 1 is 0.150 bits per heavy atom. The number of hydrogen-bond acceptors (Lipinski definition) is 9. The Hall–Kier alpha value is -15.4. The summed E-state index contributed by atoms with van der Waals surface area (Å²) in [5, 5.41) is 22.0. The number of thiophene rings is 3. The van der Waals surface area contributed by atoms with Crippen molar-refractivity contribution in [1.82, 2.24) is 29.9 Å². The molecule has 0 aliphatic rings. The molecule has 6 nitrogen and oxygen atoms in total. The van der Waals surface area contributed by atoms with E-state index in [2.05, 4.69) is 398 Å². The molecule has 6 heterocycles. The topological polar surface area (TPSA) is 77.3 Å². The number of benzene rings is 20. The maximum Gasteiger partial charge on any atom is 0.0979 e. The lowest BCUT2D eigenvalue weighted by Crippen LogP contribution is -1.93. The summed E-state index contributed by atoms with van der Waals surface area (Å²) in [4.78, 5) is 30.7. The Morgan fingerprint density at radius 2 is 0.378 bits per heavy atom. The third-order valence-corrected chi connectivity index (χ3v) is 28.8. The van der Waals surface area contributed by atoms with Crippen molar-refractivity contribution in [2.45, 2.75) is 27.7 Å². The second-order valence-corrected chi connectivity index (χ2v) is 36.7. The molecule has 26 rings (SSSR count). The lowest BCUT2D eigenvalue weighted by atomic mass is 9.93. The molecule has 26 aromatic rings. The van der Waals surface area contributed by atoms with Gasteiger partial charge in [-0.3, -0.25) is 15.0 Å². The summed E-state index contributed by atoms with van der Waals surface area (Å²) in [6.07, 6.45) is 5.76. The summed E-state index contributed by atoms with van der Waals surface area (Å²) in [6, 6.07) is 134. The van der Waals surface area contributed by atoms with Crippen LogP contribution in [0.4, 0.5) is 0 Å². The van der Waals surface area contributed by atoms with Gasteiger partial charge in [0.25, 0.3) is 0 Å². The van der Waals surface area contributed by atoms with Gasteiger partial charge >= 0.3 is 0 Å². The van der Waals surface area contributed by atoms with Gasteiger partial charge in [-0.15, -0.1) is 34.0 Å². The van der Waals surface area contributed by atoms with Gasteiger partial charge in [-0.05, 0) is 195 Å². The zero-order valence-corrected chi connectivity index (χ0v) is 72.3. The second-order valence-electron chi connectivity index (χ2n) is 33.5. The molecule has 6 aromatic heterocycles. The van der Waals surface area contributed by atoms with Gasteiger partial charge in [0.15, 0.2) is 0 Å². The monoisotopic (exact) mass is 1670 g/mol. The van der Waals surface area contributed by atoms with E-state index in [1.807, 2.05) is 52.6 Å².